The molecule has 0 bridgehead atoms. The Morgan fingerprint density at radius 2 is 2.12 bits per heavy atom. The Morgan fingerprint density at radius 1 is 1.53 bits per heavy atom. The molecule has 0 aliphatic carbocycles. The molecule has 1 aliphatic heterocycles. The van der Waals surface area contributed by atoms with Crippen LogP contribution in [-0.2, 0) is 4.79 Å². The number of hydrogen-bond donors (Lipinski definition) is 3. The van der Waals surface area contributed by atoms with Crippen molar-refractivity contribution in [1.29, 1.82) is 0 Å². The van der Waals surface area contributed by atoms with Crippen LogP contribution in [0.2, 0.25) is 0 Å². The summed E-state index contributed by atoms with van der Waals surface area (Å²) in [5.74, 6) is 0.700. The summed E-state index contributed by atoms with van der Waals surface area (Å²) in [6.45, 7) is 5.88. The van der Waals surface area contributed by atoms with Crippen LogP contribution >= 0.6 is 11.8 Å². The second-order valence-electron chi connectivity index (χ2n) is 5.42. The molecule has 100 valence electrons. The van der Waals surface area contributed by atoms with Gasteiger partial charge in [0.15, 0.2) is 0 Å². The number of carbonyl (C=O) groups excluding carboxylic acids is 1. The lowest BCUT2D eigenvalue weighted by Crippen LogP contribution is -2.50. The first kappa shape index (κ1) is 14.8. The zero-order valence-corrected chi connectivity index (χ0v) is 11.8. The zero-order valence-electron chi connectivity index (χ0n) is 11.0. The number of rotatable bonds is 5. The standard InChI is InChI=1S/C12H24N2O2S/c1-11(4-6-13-7-5-11)10(15)14-8-12(2,16)9-17-3/h13,16H,4-9H2,1-3H3,(H,14,15). The molecule has 0 saturated carbocycles. The smallest absolute Gasteiger partial charge is 0.226 e. The minimum Gasteiger partial charge on any atom is -0.387 e. The van der Waals surface area contributed by atoms with Crippen LogP contribution in [0, 0.1) is 5.41 Å². The molecular formula is C12H24N2O2S. The summed E-state index contributed by atoms with van der Waals surface area (Å²) < 4.78 is 0. The maximum absolute atomic E-state index is 12.1. The Kier molecular flexibility index (Phi) is 5.28. The van der Waals surface area contributed by atoms with Crippen molar-refractivity contribution in [1.82, 2.24) is 10.6 Å². The van der Waals surface area contributed by atoms with Crippen LogP contribution in [-0.4, -0.2) is 48.3 Å². The van der Waals surface area contributed by atoms with Crippen molar-refractivity contribution in [3.05, 3.63) is 0 Å². The molecule has 1 unspecified atom stereocenters. The number of hydrogen-bond acceptors (Lipinski definition) is 4. The molecule has 17 heavy (non-hydrogen) atoms. The van der Waals surface area contributed by atoms with Gasteiger partial charge in [-0.15, -0.1) is 0 Å². The number of nitrogens with one attached hydrogen (secondary N) is 2. The van der Waals surface area contributed by atoms with E-state index in [9.17, 15) is 9.90 Å². The van der Waals surface area contributed by atoms with Gasteiger partial charge < -0.3 is 15.7 Å². The number of piperidine rings is 1. The number of thioether (sulfide) groups is 1. The molecule has 1 rings (SSSR count). The van der Waals surface area contributed by atoms with Gasteiger partial charge in [-0.1, -0.05) is 6.92 Å². The topological polar surface area (TPSA) is 61.4 Å². The number of aliphatic hydroxyl groups is 1. The van der Waals surface area contributed by atoms with Crippen LogP contribution in [0.3, 0.4) is 0 Å². The molecule has 0 aromatic rings. The predicted octanol–water partition coefficient (Wildman–Crippen LogP) is 0.606. The van der Waals surface area contributed by atoms with Crippen molar-refractivity contribution in [3.63, 3.8) is 0 Å². The third kappa shape index (κ3) is 4.48. The van der Waals surface area contributed by atoms with Crippen LogP contribution in [0.4, 0.5) is 0 Å². The number of amides is 1. The van der Waals surface area contributed by atoms with Gasteiger partial charge in [-0.05, 0) is 39.1 Å². The number of carbonyl (C=O) groups is 1. The molecule has 0 aromatic carbocycles. The van der Waals surface area contributed by atoms with Gasteiger partial charge in [0.2, 0.25) is 5.91 Å². The van der Waals surface area contributed by atoms with Gasteiger partial charge in [-0.25, -0.2) is 0 Å². The van der Waals surface area contributed by atoms with Gasteiger partial charge in [-0.3, -0.25) is 4.79 Å². The average molecular weight is 260 g/mol. The molecule has 0 radical (unpaired) electrons. The highest BCUT2D eigenvalue weighted by Crippen LogP contribution is 2.28. The van der Waals surface area contributed by atoms with Gasteiger partial charge in [0.25, 0.3) is 0 Å². The average Bonchev–Trinajstić information content (AvgIpc) is 2.27. The Bertz CT molecular complexity index is 263. The minimum atomic E-state index is -0.821. The summed E-state index contributed by atoms with van der Waals surface area (Å²) in [6.07, 6.45) is 3.68. The van der Waals surface area contributed by atoms with E-state index in [0.29, 0.717) is 12.3 Å². The monoisotopic (exact) mass is 260 g/mol. The van der Waals surface area contributed by atoms with E-state index in [-0.39, 0.29) is 11.3 Å². The Hall–Kier alpha value is -0.260. The highest BCUT2D eigenvalue weighted by atomic mass is 32.2. The van der Waals surface area contributed by atoms with Crippen LogP contribution in [0.1, 0.15) is 26.7 Å². The SMILES string of the molecule is CSCC(C)(O)CNC(=O)C1(C)CCNCC1. The molecule has 1 heterocycles. The predicted molar refractivity (Wildman–Crippen MR) is 72.2 cm³/mol. The summed E-state index contributed by atoms with van der Waals surface area (Å²) in [4.78, 5) is 12.1. The van der Waals surface area contributed by atoms with Crippen molar-refractivity contribution in [2.45, 2.75) is 32.3 Å². The highest BCUT2D eigenvalue weighted by Gasteiger charge is 2.35. The van der Waals surface area contributed by atoms with Crippen LogP contribution in [0.25, 0.3) is 0 Å². The van der Waals surface area contributed by atoms with Gasteiger partial charge >= 0.3 is 0 Å². The van der Waals surface area contributed by atoms with Crippen LogP contribution < -0.4 is 10.6 Å². The van der Waals surface area contributed by atoms with Crippen molar-refractivity contribution in [3.8, 4) is 0 Å². The second-order valence-corrected chi connectivity index (χ2v) is 6.29. The summed E-state index contributed by atoms with van der Waals surface area (Å²) in [7, 11) is 0. The van der Waals surface area contributed by atoms with Crippen molar-refractivity contribution in [2.75, 3.05) is 31.6 Å². The Morgan fingerprint density at radius 3 is 2.65 bits per heavy atom. The summed E-state index contributed by atoms with van der Waals surface area (Å²) in [5, 5.41) is 16.1. The van der Waals surface area contributed by atoms with Gasteiger partial charge in [0.05, 0.1) is 5.60 Å². The molecule has 5 heteroatoms. The second kappa shape index (κ2) is 6.07. The normalized spacial score (nSPS) is 22.8. The van der Waals surface area contributed by atoms with Gasteiger partial charge in [-0.2, -0.15) is 11.8 Å². The molecule has 1 saturated heterocycles. The zero-order chi connectivity index (χ0) is 12.9. The fourth-order valence-electron chi connectivity index (χ4n) is 2.05. The van der Waals surface area contributed by atoms with Crippen LogP contribution in [0.5, 0.6) is 0 Å². The van der Waals surface area contributed by atoms with Crippen molar-refractivity contribution < 1.29 is 9.90 Å². The first-order valence-electron chi connectivity index (χ1n) is 6.10. The Labute approximate surface area is 108 Å². The quantitative estimate of drug-likeness (QED) is 0.678. The van der Waals surface area contributed by atoms with Gasteiger partial charge in [0, 0.05) is 17.7 Å². The van der Waals surface area contributed by atoms with Crippen LogP contribution in [0.15, 0.2) is 0 Å². The molecule has 3 N–H and O–H groups in total. The first-order valence-corrected chi connectivity index (χ1v) is 7.49. The third-order valence-electron chi connectivity index (χ3n) is 3.34. The van der Waals surface area contributed by atoms with E-state index in [2.05, 4.69) is 10.6 Å². The molecular weight excluding hydrogens is 236 g/mol. The van der Waals surface area contributed by atoms with E-state index in [4.69, 9.17) is 0 Å². The minimum absolute atomic E-state index is 0.0698. The lowest BCUT2D eigenvalue weighted by atomic mass is 9.80. The molecule has 4 nitrogen and oxygen atoms in total. The summed E-state index contributed by atoms with van der Waals surface area (Å²) >= 11 is 1.58. The summed E-state index contributed by atoms with van der Waals surface area (Å²) in [5.41, 5.74) is -1.10. The fraction of sp³-hybridized carbons (Fsp3) is 0.917. The molecule has 1 aliphatic rings. The molecule has 1 amide bonds. The van der Waals surface area contributed by atoms with E-state index < -0.39 is 5.60 Å². The van der Waals surface area contributed by atoms with E-state index >= 15 is 0 Å². The van der Waals surface area contributed by atoms with Crippen molar-refractivity contribution >= 4 is 17.7 Å². The van der Waals surface area contributed by atoms with E-state index in [1.54, 1.807) is 18.7 Å². The molecule has 1 fully saturated rings. The third-order valence-corrected chi connectivity index (χ3v) is 4.25. The largest absolute Gasteiger partial charge is 0.387 e. The first-order chi connectivity index (χ1) is 7.90. The molecule has 0 spiro atoms. The molecule has 0 aromatic heterocycles. The fourth-order valence-corrected chi connectivity index (χ4v) is 2.78. The van der Waals surface area contributed by atoms with Gasteiger partial charge in [0.1, 0.15) is 0 Å². The lowest BCUT2D eigenvalue weighted by Gasteiger charge is -2.33. The highest BCUT2D eigenvalue weighted by molar-refractivity contribution is 7.98. The summed E-state index contributed by atoms with van der Waals surface area (Å²) in [6, 6.07) is 0. The Balaban J connectivity index is 2.43. The molecule has 1 atom stereocenters. The van der Waals surface area contributed by atoms with E-state index in [1.807, 2.05) is 13.2 Å². The lowest BCUT2D eigenvalue weighted by molar-refractivity contribution is -0.132. The van der Waals surface area contributed by atoms with Crippen molar-refractivity contribution in [2.24, 2.45) is 5.41 Å². The maximum Gasteiger partial charge on any atom is 0.226 e. The van der Waals surface area contributed by atoms with E-state index in [0.717, 1.165) is 25.9 Å². The van der Waals surface area contributed by atoms with E-state index in [1.165, 1.54) is 0 Å². The maximum atomic E-state index is 12.1.